The van der Waals surface area contributed by atoms with E-state index in [1.165, 1.54) is 6.07 Å². The van der Waals surface area contributed by atoms with E-state index >= 15 is 0 Å². The first-order chi connectivity index (χ1) is 10.6. The van der Waals surface area contributed by atoms with E-state index in [4.69, 9.17) is 4.74 Å². The summed E-state index contributed by atoms with van der Waals surface area (Å²) in [5.74, 6) is -1.07. The van der Waals surface area contributed by atoms with Crippen molar-refractivity contribution in [3.63, 3.8) is 0 Å². The Bertz CT molecular complexity index is 668. The Kier molecular flexibility index (Phi) is 5.25. The Morgan fingerprint density at radius 2 is 1.82 bits per heavy atom. The number of pyridine rings is 1. The molecule has 0 radical (unpaired) electrons. The zero-order valence-corrected chi connectivity index (χ0v) is 12.5. The lowest BCUT2D eigenvalue weighted by Crippen LogP contribution is -2.19. The minimum Gasteiger partial charge on any atom is -0.487 e. The molecule has 5 heteroatoms. The van der Waals surface area contributed by atoms with Gasteiger partial charge in [0.05, 0.1) is 12.3 Å². The second kappa shape index (κ2) is 7.36. The topological polar surface area (TPSA) is 65.5 Å². The van der Waals surface area contributed by atoms with Gasteiger partial charge >= 0.3 is 5.97 Å². The predicted octanol–water partition coefficient (Wildman–Crippen LogP) is 2.71. The molecule has 0 aliphatic rings. The van der Waals surface area contributed by atoms with Crippen molar-refractivity contribution in [2.75, 3.05) is 6.61 Å². The number of Topliss-reactive ketones (excluding diaryl/α,β-unsaturated/α-hetero) is 1. The first-order valence-electron chi connectivity index (χ1n) is 6.97. The number of ether oxygens (including phenoxy) is 2. The van der Waals surface area contributed by atoms with Crippen LogP contribution < -0.4 is 4.74 Å². The molecule has 1 aromatic heterocycles. The Hall–Kier alpha value is -2.69. The van der Waals surface area contributed by atoms with Gasteiger partial charge in [-0.1, -0.05) is 30.3 Å². The monoisotopic (exact) mass is 299 g/mol. The summed E-state index contributed by atoms with van der Waals surface area (Å²) in [7, 11) is 0. The second-order valence-electron chi connectivity index (χ2n) is 4.60. The van der Waals surface area contributed by atoms with E-state index in [2.05, 4.69) is 9.72 Å². The number of hydrogen-bond acceptors (Lipinski definition) is 5. The van der Waals surface area contributed by atoms with Gasteiger partial charge in [0.15, 0.2) is 0 Å². The molecular formula is C17H17NO4. The highest BCUT2D eigenvalue weighted by Crippen LogP contribution is 2.18. The maximum atomic E-state index is 11.8. The summed E-state index contributed by atoms with van der Waals surface area (Å²) in [4.78, 5) is 27.3. The molecule has 5 nitrogen and oxygen atoms in total. The van der Waals surface area contributed by atoms with Gasteiger partial charge in [-0.3, -0.25) is 4.79 Å². The van der Waals surface area contributed by atoms with Crippen LogP contribution in [0.15, 0.2) is 42.5 Å². The summed E-state index contributed by atoms with van der Waals surface area (Å²) < 4.78 is 10.3. The Balaban J connectivity index is 2.06. The van der Waals surface area contributed by atoms with Crippen LogP contribution in [0.5, 0.6) is 5.75 Å². The quantitative estimate of drug-likeness (QED) is 0.466. The standard InChI is InChI=1S/C17H17NO4/c1-3-21-17(20)16(19)14-9-10-15(12(2)18-14)22-11-13-7-5-4-6-8-13/h4-10H,3,11H2,1-2H3. The lowest BCUT2D eigenvalue weighted by Gasteiger charge is -2.09. The summed E-state index contributed by atoms with van der Waals surface area (Å²) >= 11 is 0. The fraction of sp³-hybridized carbons (Fsp3) is 0.235. The number of aromatic nitrogens is 1. The van der Waals surface area contributed by atoms with E-state index < -0.39 is 11.8 Å². The van der Waals surface area contributed by atoms with Gasteiger partial charge in [0, 0.05) is 0 Å². The molecule has 0 N–H and O–H groups in total. The fourth-order valence-corrected chi connectivity index (χ4v) is 1.86. The van der Waals surface area contributed by atoms with Gasteiger partial charge in [-0.25, -0.2) is 9.78 Å². The van der Waals surface area contributed by atoms with Gasteiger partial charge in [-0.05, 0) is 31.5 Å². The molecule has 114 valence electrons. The SMILES string of the molecule is CCOC(=O)C(=O)c1ccc(OCc2ccccc2)c(C)n1. The lowest BCUT2D eigenvalue weighted by molar-refractivity contribution is -0.137. The molecule has 0 spiro atoms. The van der Waals surface area contributed by atoms with E-state index in [9.17, 15) is 9.59 Å². The average Bonchev–Trinajstić information content (AvgIpc) is 2.54. The zero-order valence-electron chi connectivity index (χ0n) is 12.5. The summed E-state index contributed by atoms with van der Waals surface area (Å²) in [6, 6.07) is 12.8. The van der Waals surface area contributed by atoms with Crippen molar-refractivity contribution in [1.29, 1.82) is 0 Å². The van der Waals surface area contributed by atoms with E-state index in [1.54, 1.807) is 19.9 Å². The van der Waals surface area contributed by atoms with Crippen LogP contribution in [0.4, 0.5) is 0 Å². The maximum absolute atomic E-state index is 11.8. The van der Waals surface area contributed by atoms with Crippen LogP contribution in [0.25, 0.3) is 0 Å². The second-order valence-corrected chi connectivity index (χ2v) is 4.60. The van der Waals surface area contributed by atoms with Gasteiger partial charge in [-0.15, -0.1) is 0 Å². The van der Waals surface area contributed by atoms with Crippen LogP contribution in [0.3, 0.4) is 0 Å². The summed E-state index contributed by atoms with van der Waals surface area (Å²) in [6.45, 7) is 3.93. The van der Waals surface area contributed by atoms with E-state index in [1.807, 2.05) is 30.3 Å². The molecule has 0 aliphatic carbocycles. The van der Waals surface area contributed by atoms with E-state index in [0.717, 1.165) is 5.56 Å². The van der Waals surface area contributed by atoms with Crippen molar-refractivity contribution in [1.82, 2.24) is 4.98 Å². The molecule has 0 aliphatic heterocycles. The largest absolute Gasteiger partial charge is 0.487 e. The molecule has 0 fully saturated rings. The average molecular weight is 299 g/mol. The highest BCUT2D eigenvalue weighted by molar-refractivity contribution is 6.40. The van der Waals surface area contributed by atoms with E-state index in [-0.39, 0.29) is 12.3 Å². The molecule has 2 aromatic rings. The van der Waals surface area contributed by atoms with E-state index in [0.29, 0.717) is 18.1 Å². The highest BCUT2D eigenvalue weighted by Gasteiger charge is 2.19. The van der Waals surface area contributed by atoms with Crippen LogP contribution >= 0.6 is 0 Å². The number of ketones is 1. The third-order valence-corrected chi connectivity index (χ3v) is 2.97. The lowest BCUT2D eigenvalue weighted by atomic mass is 10.2. The third-order valence-electron chi connectivity index (χ3n) is 2.97. The van der Waals surface area contributed by atoms with Gasteiger partial charge < -0.3 is 9.47 Å². The molecule has 2 rings (SSSR count). The molecule has 0 saturated heterocycles. The first-order valence-corrected chi connectivity index (χ1v) is 6.97. The smallest absolute Gasteiger partial charge is 0.381 e. The number of esters is 1. The minimum atomic E-state index is -0.896. The third kappa shape index (κ3) is 3.91. The molecular weight excluding hydrogens is 282 g/mol. The van der Waals surface area contributed by atoms with Gasteiger partial charge in [0.1, 0.15) is 18.1 Å². The molecule has 0 unspecified atom stereocenters. The molecule has 0 bridgehead atoms. The van der Waals surface area contributed by atoms with Crippen LogP contribution in [0.1, 0.15) is 28.7 Å². The zero-order chi connectivity index (χ0) is 15.9. The van der Waals surface area contributed by atoms with Crippen LogP contribution in [0, 0.1) is 6.92 Å². The van der Waals surface area contributed by atoms with Crippen molar-refractivity contribution < 1.29 is 19.1 Å². The van der Waals surface area contributed by atoms with Crippen molar-refractivity contribution in [2.24, 2.45) is 0 Å². The van der Waals surface area contributed by atoms with Crippen molar-refractivity contribution in [3.05, 3.63) is 59.4 Å². The Morgan fingerprint density at radius 1 is 1.09 bits per heavy atom. The number of carbonyl (C=O) groups is 2. The number of aryl methyl sites for hydroxylation is 1. The van der Waals surface area contributed by atoms with Crippen molar-refractivity contribution in [2.45, 2.75) is 20.5 Å². The Morgan fingerprint density at radius 3 is 2.45 bits per heavy atom. The summed E-state index contributed by atoms with van der Waals surface area (Å²) in [5.41, 5.74) is 1.64. The Labute approximate surface area is 128 Å². The van der Waals surface area contributed by atoms with Crippen LogP contribution in [-0.4, -0.2) is 23.3 Å². The summed E-state index contributed by atoms with van der Waals surface area (Å²) in [5, 5.41) is 0. The van der Waals surface area contributed by atoms with Crippen LogP contribution in [0.2, 0.25) is 0 Å². The number of benzene rings is 1. The van der Waals surface area contributed by atoms with Gasteiger partial charge in [-0.2, -0.15) is 0 Å². The first kappa shape index (κ1) is 15.7. The van der Waals surface area contributed by atoms with Crippen molar-refractivity contribution in [3.8, 4) is 5.75 Å². The van der Waals surface area contributed by atoms with Gasteiger partial charge in [0.25, 0.3) is 5.78 Å². The minimum absolute atomic E-state index is 0.0583. The highest BCUT2D eigenvalue weighted by atomic mass is 16.5. The molecule has 1 heterocycles. The fourth-order valence-electron chi connectivity index (χ4n) is 1.86. The number of carbonyl (C=O) groups excluding carboxylic acids is 2. The number of nitrogens with zero attached hydrogens (tertiary/aromatic N) is 1. The number of rotatable bonds is 6. The molecule has 0 saturated carbocycles. The predicted molar refractivity (Wildman–Crippen MR) is 80.7 cm³/mol. The maximum Gasteiger partial charge on any atom is 0.381 e. The summed E-state index contributed by atoms with van der Waals surface area (Å²) in [6.07, 6.45) is 0. The van der Waals surface area contributed by atoms with Gasteiger partial charge in [0.2, 0.25) is 0 Å². The normalized spacial score (nSPS) is 10.1. The number of hydrogen-bond donors (Lipinski definition) is 0. The molecule has 0 amide bonds. The molecule has 1 aromatic carbocycles. The molecule has 0 atom stereocenters. The van der Waals surface area contributed by atoms with Crippen LogP contribution in [-0.2, 0) is 16.1 Å². The van der Waals surface area contributed by atoms with Crippen molar-refractivity contribution >= 4 is 11.8 Å². The molecule has 22 heavy (non-hydrogen) atoms.